The van der Waals surface area contributed by atoms with Crippen molar-refractivity contribution in [1.82, 2.24) is 0 Å². The second-order valence-electron chi connectivity index (χ2n) is 4.24. The van der Waals surface area contributed by atoms with Crippen LogP contribution in [0.3, 0.4) is 0 Å². The minimum atomic E-state index is 0.0763. The molecule has 0 fully saturated rings. The highest BCUT2D eigenvalue weighted by Gasteiger charge is 2.25. The molecule has 2 aromatic rings. The van der Waals surface area contributed by atoms with Gasteiger partial charge in [0, 0.05) is 17.8 Å². The van der Waals surface area contributed by atoms with Gasteiger partial charge < -0.3 is 4.90 Å². The van der Waals surface area contributed by atoms with Crippen molar-refractivity contribution in [3.05, 3.63) is 72.3 Å². The Balaban J connectivity index is 1.89. The Morgan fingerprint density at radius 1 is 0.833 bits per heavy atom. The normalized spacial score (nSPS) is 14.8. The van der Waals surface area contributed by atoms with Crippen molar-refractivity contribution in [1.29, 1.82) is 0 Å². The molecular formula is C16H13NO. The van der Waals surface area contributed by atoms with Crippen LogP contribution in [0.15, 0.2) is 66.7 Å². The molecule has 0 saturated carbocycles. The van der Waals surface area contributed by atoms with Crippen LogP contribution in [0.2, 0.25) is 0 Å². The van der Waals surface area contributed by atoms with Gasteiger partial charge in [-0.2, -0.15) is 0 Å². The minimum Gasteiger partial charge on any atom is -0.305 e. The molecule has 0 aliphatic carbocycles. The first-order valence-electron chi connectivity index (χ1n) is 5.99. The zero-order valence-electron chi connectivity index (χ0n) is 9.91. The molecule has 2 aromatic carbocycles. The number of carbonyl (C=O) groups excluding carboxylic acids is 1. The van der Waals surface area contributed by atoms with Gasteiger partial charge in [-0.25, -0.2) is 0 Å². The molecule has 2 heteroatoms. The molecule has 1 aliphatic heterocycles. The summed E-state index contributed by atoms with van der Waals surface area (Å²) < 4.78 is 0. The summed E-state index contributed by atoms with van der Waals surface area (Å²) in [4.78, 5) is 14.2. The van der Waals surface area contributed by atoms with E-state index in [9.17, 15) is 4.79 Å². The van der Waals surface area contributed by atoms with Crippen molar-refractivity contribution in [3.8, 4) is 0 Å². The van der Waals surface area contributed by atoms with E-state index in [-0.39, 0.29) is 5.91 Å². The van der Waals surface area contributed by atoms with Gasteiger partial charge in [-0.1, -0.05) is 54.6 Å². The maximum absolute atomic E-state index is 12.4. The van der Waals surface area contributed by atoms with Crippen LogP contribution in [0, 0.1) is 0 Å². The van der Waals surface area contributed by atoms with Crippen LogP contribution in [-0.2, 0) is 4.79 Å². The number of amides is 1. The van der Waals surface area contributed by atoms with E-state index in [1.54, 1.807) is 4.90 Å². The van der Waals surface area contributed by atoms with Crippen LogP contribution in [0.1, 0.15) is 5.56 Å². The van der Waals surface area contributed by atoms with E-state index in [1.165, 1.54) is 0 Å². The monoisotopic (exact) mass is 235 g/mol. The van der Waals surface area contributed by atoms with E-state index >= 15 is 0 Å². The quantitative estimate of drug-likeness (QED) is 0.783. The minimum absolute atomic E-state index is 0.0763. The van der Waals surface area contributed by atoms with E-state index < -0.39 is 0 Å². The number of hydrogen-bond acceptors (Lipinski definition) is 1. The Morgan fingerprint density at radius 3 is 2.11 bits per heavy atom. The molecule has 1 aliphatic rings. The van der Waals surface area contributed by atoms with Gasteiger partial charge in [0.15, 0.2) is 0 Å². The first-order chi connectivity index (χ1) is 8.86. The molecule has 0 saturated heterocycles. The smallest absolute Gasteiger partial charge is 0.258 e. The summed E-state index contributed by atoms with van der Waals surface area (Å²) in [5.74, 6) is 0.0763. The molecule has 0 radical (unpaired) electrons. The Kier molecular flexibility index (Phi) is 2.69. The first kappa shape index (κ1) is 10.8. The summed E-state index contributed by atoms with van der Waals surface area (Å²) >= 11 is 0. The Morgan fingerprint density at radius 2 is 1.44 bits per heavy atom. The highest BCUT2D eigenvalue weighted by Crippen LogP contribution is 2.26. The molecule has 0 bridgehead atoms. The van der Waals surface area contributed by atoms with Gasteiger partial charge in [0.05, 0.1) is 0 Å². The van der Waals surface area contributed by atoms with Crippen LogP contribution in [0.4, 0.5) is 5.69 Å². The predicted octanol–water partition coefficient (Wildman–Crippen LogP) is 3.12. The number of hydrogen-bond donors (Lipinski definition) is 0. The largest absolute Gasteiger partial charge is 0.305 e. The van der Waals surface area contributed by atoms with Gasteiger partial charge in [-0.3, -0.25) is 4.79 Å². The van der Waals surface area contributed by atoms with Crippen molar-refractivity contribution in [3.63, 3.8) is 0 Å². The second kappa shape index (κ2) is 4.49. The summed E-state index contributed by atoms with van der Waals surface area (Å²) in [6, 6.07) is 19.6. The van der Waals surface area contributed by atoms with Gasteiger partial charge in [0.1, 0.15) is 0 Å². The van der Waals surface area contributed by atoms with Crippen molar-refractivity contribution < 1.29 is 4.79 Å². The highest BCUT2D eigenvalue weighted by molar-refractivity contribution is 6.28. The van der Waals surface area contributed by atoms with Crippen molar-refractivity contribution >= 4 is 17.2 Å². The summed E-state index contributed by atoms with van der Waals surface area (Å²) in [6.45, 7) is 0.646. The summed E-state index contributed by atoms with van der Waals surface area (Å²) in [5, 5.41) is 0. The Labute approximate surface area is 106 Å². The average Bonchev–Trinajstić information content (AvgIpc) is 2.83. The van der Waals surface area contributed by atoms with Crippen LogP contribution < -0.4 is 4.90 Å². The van der Waals surface area contributed by atoms with Gasteiger partial charge in [0.25, 0.3) is 5.91 Å². The maximum atomic E-state index is 12.4. The van der Waals surface area contributed by atoms with E-state index in [2.05, 4.69) is 0 Å². The second-order valence-corrected chi connectivity index (χ2v) is 4.24. The fraction of sp³-hybridized carbons (Fsp3) is 0.0625. The number of para-hydroxylation sites is 1. The van der Waals surface area contributed by atoms with E-state index in [0.717, 1.165) is 16.8 Å². The predicted molar refractivity (Wildman–Crippen MR) is 73.2 cm³/mol. The lowest BCUT2D eigenvalue weighted by Gasteiger charge is -2.16. The average molecular weight is 235 g/mol. The van der Waals surface area contributed by atoms with Gasteiger partial charge in [-0.15, -0.1) is 0 Å². The molecule has 0 N–H and O–H groups in total. The molecule has 0 aromatic heterocycles. The molecule has 2 nitrogen and oxygen atoms in total. The molecule has 1 heterocycles. The lowest BCUT2D eigenvalue weighted by Crippen LogP contribution is -2.25. The van der Waals surface area contributed by atoms with Gasteiger partial charge >= 0.3 is 0 Å². The standard InChI is InChI=1S/C16H13NO/c18-16-15(13-7-3-1-4-8-13)11-12-17(16)14-9-5-2-6-10-14/h1-11H,12H2. The maximum Gasteiger partial charge on any atom is 0.258 e. The number of rotatable bonds is 2. The van der Waals surface area contributed by atoms with Crippen molar-refractivity contribution in [2.45, 2.75) is 0 Å². The zero-order chi connectivity index (χ0) is 12.4. The number of nitrogens with zero attached hydrogens (tertiary/aromatic N) is 1. The summed E-state index contributed by atoms with van der Waals surface area (Å²) in [6.07, 6.45) is 1.99. The van der Waals surface area contributed by atoms with Crippen LogP contribution in [0.25, 0.3) is 5.57 Å². The van der Waals surface area contributed by atoms with E-state index in [1.807, 2.05) is 66.7 Å². The third-order valence-corrected chi connectivity index (χ3v) is 3.11. The SMILES string of the molecule is O=C1C(c2ccccc2)=CCN1c1ccccc1. The van der Waals surface area contributed by atoms with Crippen molar-refractivity contribution in [2.75, 3.05) is 11.4 Å². The third kappa shape index (κ3) is 1.82. The fourth-order valence-corrected chi connectivity index (χ4v) is 2.19. The van der Waals surface area contributed by atoms with Crippen LogP contribution in [-0.4, -0.2) is 12.5 Å². The van der Waals surface area contributed by atoms with Crippen LogP contribution >= 0.6 is 0 Å². The fourth-order valence-electron chi connectivity index (χ4n) is 2.19. The number of carbonyl (C=O) groups is 1. The molecule has 0 unspecified atom stereocenters. The highest BCUT2D eigenvalue weighted by atomic mass is 16.2. The van der Waals surface area contributed by atoms with E-state index in [0.29, 0.717) is 6.54 Å². The molecule has 18 heavy (non-hydrogen) atoms. The van der Waals surface area contributed by atoms with Gasteiger partial charge in [0.2, 0.25) is 0 Å². The lowest BCUT2D eigenvalue weighted by molar-refractivity contribution is -0.112. The first-order valence-corrected chi connectivity index (χ1v) is 5.99. The number of anilines is 1. The zero-order valence-corrected chi connectivity index (χ0v) is 9.91. The topological polar surface area (TPSA) is 20.3 Å². The molecule has 1 amide bonds. The Bertz CT molecular complexity index is 587. The third-order valence-electron chi connectivity index (χ3n) is 3.11. The van der Waals surface area contributed by atoms with Crippen molar-refractivity contribution in [2.24, 2.45) is 0 Å². The summed E-state index contributed by atoms with van der Waals surface area (Å²) in [7, 11) is 0. The molecule has 3 rings (SSSR count). The number of benzene rings is 2. The van der Waals surface area contributed by atoms with Crippen LogP contribution in [0.5, 0.6) is 0 Å². The molecule has 0 spiro atoms. The summed E-state index contributed by atoms with van der Waals surface area (Å²) in [5.41, 5.74) is 2.73. The molecular weight excluding hydrogens is 222 g/mol. The Hall–Kier alpha value is -2.35. The lowest BCUT2D eigenvalue weighted by atomic mass is 10.1. The molecule has 0 atom stereocenters. The van der Waals surface area contributed by atoms with Gasteiger partial charge in [-0.05, 0) is 17.7 Å². The molecule has 88 valence electrons. The van der Waals surface area contributed by atoms with E-state index in [4.69, 9.17) is 0 Å².